The number of hydrogen-bond donors (Lipinski definition) is 1. The van der Waals surface area contributed by atoms with Crippen LogP contribution in [0.2, 0.25) is 0 Å². The van der Waals surface area contributed by atoms with E-state index >= 15 is 0 Å². The predicted molar refractivity (Wildman–Crippen MR) is 164 cm³/mol. The summed E-state index contributed by atoms with van der Waals surface area (Å²) < 4.78 is 54.1. The van der Waals surface area contributed by atoms with E-state index in [1.165, 1.54) is 6.07 Å². The summed E-state index contributed by atoms with van der Waals surface area (Å²) in [5.74, 6) is -2.86. The van der Waals surface area contributed by atoms with Gasteiger partial charge in [0.25, 0.3) is 0 Å². The van der Waals surface area contributed by atoms with Gasteiger partial charge >= 0.3 is 0 Å². The molecule has 2 amide bonds. The molecular weight excluding hydrogens is 628 g/mol. The predicted octanol–water partition coefficient (Wildman–Crippen LogP) is 5.83. The summed E-state index contributed by atoms with van der Waals surface area (Å²) in [5, 5.41) is 2.97. The van der Waals surface area contributed by atoms with E-state index in [1.54, 1.807) is 4.90 Å². The Bertz CT molecular complexity index is 1460. The number of nitrogens with zero attached hydrogens (tertiary/aromatic N) is 2. The summed E-state index contributed by atoms with van der Waals surface area (Å²) in [4.78, 5) is 28.9. The number of amides is 2. The van der Waals surface area contributed by atoms with E-state index in [1.807, 2.05) is 61.5 Å². The summed E-state index contributed by atoms with van der Waals surface area (Å²) in [6.45, 7) is 2.54. The standard InChI is InChI=1S/C31H36BrF2N3O4S/c1-3-4-17-35-31(39)29(20-23-10-6-5-7-11-23)36(22-24-12-8-13-25(32)19-24)30(38)14-9-18-37(42(2,40)41)26-15-16-27(33)28(34)21-26/h5-8,10-13,15-16,19,21,29H,3-4,9,14,17-18,20,22H2,1-2H3,(H,35,39). The van der Waals surface area contributed by atoms with E-state index in [0.717, 1.165) is 51.1 Å². The molecule has 11 heteroatoms. The van der Waals surface area contributed by atoms with Gasteiger partial charge in [-0.2, -0.15) is 0 Å². The molecule has 1 atom stereocenters. The van der Waals surface area contributed by atoms with Crippen LogP contribution in [0.3, 0.4) is 0 Å². The number of rotatable bonds is 15. The molecule has 226 valence electrons. The van der Waals surface area contributed by atoms with E-state index in [2.05, 4.69) is 21.2 Å². The Morgan fingerprint density at radius 3 is 2.29 bits per heavy atom. The van der Waals surface area contributed by atoms with Gasteiger partial charge in [-0.15, -0.1) is 0 Å². The third-order valence-electron chi connectivity index (χ3n) is 6.69. The normalized spacial score (nSPS) is 12.0. The van der Waals surface area contributed by atoms with Crippen LogP contribution in [0, 0.1) is 11.6 Å². The molecule has 42 heavy (non-hydrogen) atoms. The molecule has 0 saturated heterocycles. The second kappa shape index (κ2) is 15.8. The van der Waals surface area contributed by atoms with Crippen LogP contribution in [0.5, 0.6) is 0 Å². The van der Waals surface area contributed by atoms with Crippen LogP contribution in [0.25, 0.3) is 0 Å². The van der Waals surface area contributed by atoms with Crippen LogP contribution in [0.4, 0.5) is 14.5 Å². The summed E-state index contributed by atoms with van der Waals surface area (Å²) in [6, 6.07) is 18.9. The number of nitrogens with one attached hydrogen (secondary N) is 1. The van der Waals surface area contributed by atoms with E-state index in [9.17, 15) is 26.8 Å². The first-order valence-corrected chi connectivity index (χ1v) is 16.4. The SMILES string of the molecule is CCCCNC(=O)C(Cc1ccccc1)N(Cc1cccc(Br)c1)C(=O)CCCN(c1ccc(F)c(F)c1)S(C)(=O)=O. The Kier molecular flexibility index (Phi) is 12.5. The fourth-order valence-electron chi connectivity index (χ4n) is 4.54. The minimum atomic E-state index is -3.85. The summed E-state index contributed by atoms with van der Waals surface area (Å²) in [5.41, 5.74) is 1.67. The summed E-state index contributed by atoms with van der Waals surface area (Å²) >= 11 is 3.46. The molecule has 1 unspecified atom stereocenters. The van der Waals surface area contributed by atoms with Crippen LogP contribution >= 0.6 is 15.9 Å². The highest BCUT2D eigenvalue weighted by Crippen LogP contribution is 2.23. The van der Waals surface area contributed by atoms with Crippen molar-refractivity contribution in [1.29, 1.82) is 0 Å². The smallest absolute Gasteiger partial charge is 0.243 e. The lowest BCUT2D eigenvalue weighted by Gasteiger charge is -2.32. The number of sulfonamides is 1. The monoisotopic (exact) mass is 663 g/mol. The van der Waals surface area contributed by atoms with Crippen LogP contribution in [-0.2, 0) is 32.6 Å². The third kappa shape index (κ3) is 9.90. The van der Waals surface area contributed by atoms with Crippen LogP contribution in [0.1, 0.15) is 43.7 Å². The van der Waals surface area contributed by atoms with Crippen molar-refractivity contribution >= 4 is 43.5 Å². The van der Waals surface area contributed by atoms with Crippen molar-refractivity contribution in [1.82, 2.24) is 10.2 Å². The first kappa shape index (κ1) is 33.2. The Morgan fingerprint density at radius 2 is 1.64 bits per heavy atom. The van der Waals surface area contributed by atoms with Crippen molar-refractivity contribution in [3.8, 4) is 0 Å². The van der Waals surface area contributed by atoms with Gasteiger partial charge in [-0.3, -0.25) is 13.9 Å². The van der Waals surface area contributed by atoms with Crippen LogP contribution in [-0.4, -0.2) is 50.5 Å². The fraction of sp³-hybridized carbons (Fsp3) is 0.355. The van der Waals surface area contributed by atoms with E-state index in [-0.39, 0.29) is 43.4 Å². The minimum absolute atomic E-state index is 0.0351. The molecule has 0 heterocycles. The van der Waals surface area contributed by atoms with Gasteiger partial charge in [0.2, 0.25) is 21.8 Å². The Balaban J connectivity index is 1.88. The topological polar surface area (TPSA) is 86.8 Å². The van der Waals surface area contributed by atoms with Crippen molar-refractivity contribution < 1.29 is 26.8 Å². The van der Waals surface area contributed by atoms with Gasteiger partial charge in [0.15, 0.2) is 11.6 Å². The quantitative estimate of drug-likeness (QED) is 0.207. The molecule has 3 aromatic carbocycles. The Morgan fingerprint density at radius 1 is 0.929 bits per heavy atom. The lowest BCUT2D eigenvalue weighted by molar-refractivity contribution is -0.141. The maximum atomic E-state index is 13.9. The van der Waals surface area contributed by atoms with Crippen molar-refractivity contribution in [2.75, 3.05) is 23.7 Å². The molecule has 7 nitrogen and oxygen atoms in total. The van der Waals surface area contributed by atoms with Crippen LogP contribution < -0.4 is 9.62 Å². The highest BCUT2D eigenvalue weighted by Gasteiger charge is 2.30. The largest absolute Gasteiger partial charge is 0.354 e. The number of anilines is 1. The molecule has 3 aromatic rings. The van der Waals surface area contributed by atoms with Gasteiger partial charge in [0, 0.05) is 43.0 Å². The van der Waals surface area contributed by atoms with Gasteiger partial charge < -0.3 is 10.2 Å². The molecule has 0 bridgehead atoms. The second-order valence-corrected chi connectivity index (χ2v) is 12.9. The molecular formula is C31H36BrF2N3O4S. The molecule has 0 aliphatic rings. The molecule has 1 N–H and O–H groups in total. The first-order chi connectivity index (χ1) is 20.0. The van der Waals surface area contributed by atoms with Gasteiger partial charge in [-0.25, -0.2) is 17.2 Å². The zero-order chi connectivity index (χ0) is 30.7. The number of unbranched alkanes of at least 4 members (excludes halogenated alkanes) is 1. The molecule has 3 rings (SSSR count). The number of hydrogen-bond acceptors (Lipinski definition) is 4. The molecule has 0 saturated carbocycles. The average Bonchev–Trinajstić information content (AvgIpc) is 2.94. The number of carbonyl (C=O) groups excluding carboxylic acids is 2. The van der Waals surface area contributed by atoms with Gasteiger partial charge in [0.05, 0.1) is 11.9 Å². The number of carbonyl (C=O) groups is 2. The zero-order valence-electron chi connectivity index (χ0n) is 23.7. The highest BCUT2D eigenvalue weighted by molar-refractivity contribution is 9.10. The lowest BCUT2D eigenvalue weighted by atomic mass is 10.0. The van der Waals surface area contributed by atoms with Gasteiger partial charge in [0.1, 0.15) is 6.04 Å². The van der Waals surface area contributed by atoms with Crippen molar-refractivity contribution in [3.05, 3.63) is 100 Å². The van der Waals surface area contributed by atoms with Gasteiger partial charge in [-0.1, -0.05) is 71.7 Å². The van der Waals surface area contributed by atoms with Gasteiger partial charge in [-0.05, 0) is 48.2 Å². The molecule has 0 aliphatic heterocycles. The molecule has 0 fully saturated rings. The highest BCUT2D eigenvalue weighted by atomic mass is 79.9. The molecule has 0 aromatic heterocycles. The zero-order valence-corrected chi connectivity index (χ0v) is 26.1. The summed E-state index contributed by atoms with van der Waals surface area (Å²) in [6.07, 6.45) is 2.98. The number of benzene rings is 3. The van der Waals surface area contributed by atoms with E-state index in [4.69, 9.17) is 0 Å². The van der Waals surface area contributed by atoms with Crippen molar-refractivity contribution in [2.45, 2.75) is 51.6 Å². The lowest BCUT2D eigenvalue weighted by Crippen LogP contribution is -2.50. The summed E-state index contributed by atoms with van der Waals surface area (Å²) in [7, 11) is -3.85. The average molecular weight is 665 g/mol. The molecule has 0 radical (unpaired) electrons. The first-order valence-electron chi connectivity index (χ1n) is 13.8. The van der Waals surface area contributed by atoms with Crippen molar-refractivity contribution in [2.24, 2.45) is 0 Å². The maximum Gasteiger partial charge on any atom is 0.243 e. The second-order valence-electron chi connectivity index (χ2n) is 10.0. The van der Waals surface area contributed by atoms with E-state index < -0.39 is 27.7 Å². The number of halogens is 3. The Labute approximate surface area is 255 Å². The third-order valence-corrected chi connectivity index (χ3v) is 8.37. The fourth-order valence-corrected chi connectivity index (χ4v) is 5.94. The minimum Gasteiger partial charge on any atom is -0.354 e. The van der Waals surface area contributed by atoms with Crippen LogP contribution in [0.15, 0.2) is 77.3 Å². The molecule has 0 spiro atoms. The Hall–Kier alpha value is -3.31. The molecule has 0 aliphatic carbocycles. The van der Waals surface area contributed by atoms with E-state index in [0.29, 0.717) is 13.0 Å². The maximum absolute atomic E-state index is 13.9. The van der Waals surface area contributed by atoms with Crippen molar-refractivity contribution in [3.63, 3.8) is 0 Å².